The monoisotopic (exact) mass is 791 g/mol. The predicted octanol–water partition coefficient (Wildman–Crippen LogP) is 14.4. The summed E-state index contributed by atoms with van der Waals surface area (Å²) in [5.41, 5.74) is 14.4. The SMILES string of the molecule is c1ccc(-c2ccc(-c3nc(-c4ccccc4)nc(-n4c5ccccc5c5cc(-c6ccc7c(c6)c6ccccc6n7-c6cccc(-c7ccccc7)c6)ccc54)n3)cc2)cc1. The van der Waals surface area contributed by atoms with Gasteiger partial charge in [-0.3, -0.25) is 4.57 Å². The van der Waals surface area contributed by atoms with Crippen LogP contribution in [0.5, 0.6) is 0 Å². The van der Waals surface area contributed by atoms with Crippen molar-refractivity contribution >= 4 is 43.6 Å². The van der Waals surface area contributed by atoms with Crippen molar-refractivity contribution in [1.82, 2.24) is 24.1 Å². The van der Waals surface area contributed by atoms with Gasteiger partial charge in [-0.15, -0.1) is 0 Å². The van der Waals surface area contributed by atoms with E-state index in [2.05, 4.69) is 209 Å². The number of benzene rings is 9. The van der Waals surface area contributed by atoms with E-state index in [1.54, 1.807) is 0 Å². The lowest BCUT2D eigenvalue weighted by molar-refractivity contribution is 0.953. The average Bonchev–Trinajstić information content (AvgIpc) is 3.87. The Kier molecular flexibility index (Phi) is 8.42. The molecule has 0 aliphatic rings. The standard InChI is InChI=1S/C57H37N5/c1-4-15-38(16-5-1)40-27-29-42(30-28-40)56-58-55(41-19-8-3-9-20-41)59-57(60-56)62-52-26-13-11-24-48(52)50-37-45(32-34-54(50)62)44-31-33-53-49(36-44)47-23-10-12-25-51(47)61(53)46-22-14-21-43(35-46)39-17-6-2-7-18-39/h1-37H. The summed E-state index contributed by atoms with van der Waals surface area (Å²) < 4.78 is 4.58. The number of rotatable bonds is 7. The summed E-state index contributed by atoms with van der Waals surface area (Å²) in [6, 6.07) is 79.4. The first kappa shape index (κ1) is 35.5. The second kappa shape index (κ2) is 14.7. The van der Waals surface area contributed by atoms with Crippen LogP contribution >= 0.6 is 0 Å². The minimum atomic E-state index is 0.575. The lowest BCUT2D eigenvalue weighted by Gasteiger charge is -2.12. The molecule has 0 bridgehead atoms. The molecule has 0 N–H and O–H groups in total. The second-order valence-electron chi connectivity index (χ2n) is 15.7. The van der Waals surface area contributed by atoms with Gasteiger partial charge in [-0.2, -0.15) is 9.97 Å². The normalized spacial score (nSPS) is 11.5. The minimum Gasteiger partial charge on any atom is -0.309 e. The molecule has 0 aliphatic heterocycles. The Morgan fingerprint density at radius 1 is 0.242 bits per heavy atom. The van der Waals surface area contributed by atoms with E-state index in [1.807, 2.05) is 24.3 Å². The van der Waals surface area contributed by atoms with Gasteiger partial charge in [0.2, 0.25) is 5.95 Å². The molecule has 0 unspecified atom stereocenters. The highest BCUT2D eigenvalue weighted by molar-refractivity contribution is 6.12. The first-order chi connectivity index (χ1) is 30.7. The zero-order valence-corrected chi connectivity index (χ0v) is 33.6. The summed E-state index contributed by atoms with van der Waals surface area (Å²) in [5.74, 6) is 1.82. The van der Waals surface area contributed by atoms with Crippen LogP contribution in [0.1, 0.15) is 0 Å². The fourth-order valence-corrected chi connectivity index (χ4v) is 9.01. The van der Waals surface area contributed by atoms with Crippen LogP contribution in [0.2, 0.25) is 0 Å². The third-order valence-corrected chi connectivity index (χ3v) is 12.0. The van der Waals surface area contributed by atoms with Gasteiger partial charge >= 0.3 is 0 Å². The highest BCUT2D eigenvalue weighted by atomic mass is 15.2. The molecule has 0 fully saturated rings. The Morgan fingerprint density at radius 2 is 0.629 bits per heavy atom. The Bertz CT molecular complexity index is 3610. The third-order valence-electron chi connectivity index (χ3n) is 12.0. The van der Waals surface area contributed by atoms with Gasteiger partial charge in [-0.1, -0.05) is 176 Å². The third kappa shape index (κ3) is 6.06. The van der Waals surface area contributed by atoms with Gasteiger partial charge in [0.1, 0.15) is 0 Å². The van der Waals surface area contributed by atoms with Crippen LogP contribution in [-0.2, 0) is 0 Å². The van der Waals surface area contributed by atoms with Gasteiger partial charge in [0.25, 0.3) is 0 Å². The molecule has 0 amide bonds. The Labute approximate surface area is 358 Å². The molecule has 0 saturated carbocycles. The van der Waals surface area contributed by atoms with E-state index >= 15 is 0 Å². The van der Waals surface area contributed by atoms with Crippen molar-refractivity contribution in [3.63, 3.8) is 0 Å². The Hall–Kier alpha value is -8.41. The van der Waals surface area contributed by atoms with Gasteiger partial charge < -0.3 is 4.57 Å². The zero-order valence-electron chi connectivity index (χ0n) is 33.6. The molecule has 290 valence electrons. The highest BCUT2D eigenvalue weighted by Gasteiger charge is 2.20. The van der Waals surface area contributed by atoms with Crippen molar-refractivity contribution in [3.05, 3.63) is 224 Å². The molecule has 12 aromatic rings. The van der Waals surface area contributed by atoms with Crippen molar-refractivity contribution in [3.8, 4) is 67.8 Å². The number of para-hydroxylation sites is 2. The maximum atomic E-state index is 5.21. The molecular weight excluding hydrogens is 755 g/mol. The smallest absolute Gasteiger partial charge is 0.238 e. The van der Waals surface area contributed by atoms with Crippen LogP contribution in [-0.4, -0.2) is 24.1 Å². The van der Waals surface area contributed by atoms with Gasteiger partial charge in [0.05, 0.1) is 22.1 Å². The van der Waals surface area contributed by atoms with E-state index in [4.69, 9.17) is 15.0 Å². The quantitative estimate of drug-likeness (QED) is 0.162. The van der Waals surface area contributed by atoms with Crippen molar-refractivity contribution < 1.29 is 0 Å². The number of fused-ring (bicyclic) bond motifs is 6. The second-order valence-corrected chi connectivity index (χ2v) is 15.7. The van der Waals surface area contributed by atoms with E-state index in [-0.39, 0.29) is 0 Å². The van der Waals surface area contributed by atoms with Gasteiger partial charge in [-0.25, -0.2) is 4.98 Å². The van der Waals surface area contributed by atoms with Crippen molar-refractivity contribution in [2.75, 3.05) is 0 Å². The van der Waals surface area contributed by atoms with E-state index in [0.717, 1.165) is 55.3 Å². The molecule has 5 nitrogen and oxygen atoms in total. The topological polar surface area (TPSA) is 48.5 Å². The fourth-order valence-electron chi connectivity index (χ4n) is 9.01. The fraction of sp³-hybridized carbons (Fsp3) is 0. The number of hydrogen-bond acceptors (Lipinski definition) is 3. The summed E-state index contributed by atoms with van der Waals surface area (Å²) in [4.78, 5) is 15.4. The van der Waals surface area contributed by atoms with E-state index in [9.17, 15) is 0 Å². The first-order valence-corrected chi connectivity index (χ1v) is 20.9. The molecule has 0 aliphatic carbocycles. The van der Waals surface area contributed by atoms with Crippen LogP contribution < -0.4 is 0 Å². The molecule has 0 spiro atoms. The molecule has 12 rings (SSSR count). The summed E-state index contributed by atoms with van der Waals surface area (Å²) in [6.07, 6.45) is 0. The largest absolute Gasteiger partial charge is 0.309 e. The molecule has 62 heavy (non-hydrogen) atoms. The van der Waals surface area contributed by atoms with Crippen LogP contribution in [0.4, 0.5) is 0 Å². The molecule has 0 radical (unpaired) electrons. The highest BCUT2D eigenvalue weighted by Crippen LogP contribution is 2.39. The van der Waals surface area contributed by atoms with Gasteiger partial charge in [0.15, 0.2) is 11.6 Å². The van der Waals surface area contributed by atoms with Crippen LogP contribution in [0, 0.1) is 0 Å². The van der Waals surface area contributed by atoms with Crippen molar-refractivity contribution in [2.45, 2.75) is 0 Å². The van der Waals surface area contributed by atoms with Crippen LogP contribution in [0.3, 0.4) is 0 Å². The van der Waals surface area contributed by atoms with Crippen LogP contribution in [0.15, 0.2) is 224 Å². The molecule has 3 heterocycles. The average molecular weight is 792 g/mol. The first-order valence-electron chi connectivity index (χ1n) is 20.9. The summed E-state index contributed by atoms with van der Waals surface area (Å²) in [6.45, 7) is 0. The maximum absolute atomic E-state index is 5.21. The van der Waals surface area contributed by atoms with Crippen LogP contribution in [0.25, 0.3) is 111 Å². The van der Waals surface area contributed by atoms with E-state index < -0.39 is 0 Å². The van der Waals surface area contributed by atoms with Crippen molar-refractivity contribution in [1.29, 1.82) is 0 Å². The zero-order chi connectivity index (χ0) is 41.0. The number of nitrogens with zero attached hydrogens (tertiary/aromatic N) is 5. The summed E-state index contributed by atoms with van der Waals surface area (Å²) in [5, 5.41) is 4.71. The molecule has 0 saturated heterocycles. The Morgan fingerprint density at radius 3 is 1.23 bits per heavy atom. The summed E-state index contributed by atoms with van der Waals surface area (Å²) in [7, 11) is 0. The molecule has 0 atom stereocenters. The molecule has 3 aromatic heterocycles. The van der Waals surface area contributed by atoms with E-state index in [1.165, 1.54) is 38.5 Å². The van der Waals surface area contributed by atoms with Gasteiger partial charge in [-0.05, 0) is 81.9 Å². The maximum Gasteiger partial charge on any atom is 0.238 e. The van der Waals surface area contributed by atoms with Crippen molar-refractivity contribution in [2.24, 2.45) is 0 Å². The lowest BCUT2D eigenvalue weighted by atomic mass is 10.0. The summed E-state index contributed by atoms with van der Waals surface area (Å²) >= 11 is 0. The lowest BCUT2D eigenvalue weighted by Crippen LogP contribution is -2.06. The predicted molar refractivity (Wildman–Crippen MR) is 256 cm³/mol. The van der Waals surface area contributed by atoms with E-state index in [0.29, 0.717) is 17.6 Å². The van der Waals surface area contributed by atoms with Gasteiger partial charge in [0, 0.05) is 38.4 Å². The molecule has 9 aromatic carbocycles. The Balaban J connectivity index is 0.992. The number of hydrogen-bond donors (Lipinski definition) is 0. The molecular formula is C57H37N5. The number of aromatic nitrogens is 5. The molecule has 5 heteroatoms. The minimum absolute atomic E-state index is 0.575.